The number of likely N-dealkylation sites (tertiary alicyclic amines) is 2. The molecule has 6 nitrogen and oxygen atoms in total. The number of para-hydroxylation sites is 2. The zero-order valence-corrected chi connectivity index (χ0v) is 17.1. The van der Waals surface area contributed by atoms with Gasteiger partial charge in [-0.05, 0) is 58.0 Å². The molecule has 2 aromatic rings. The number of unbranched alkanes of at least 4 members (excludes halogenated alkanes) is 1. The highest BCUT2D eigenvalue weighted by Crippen LogP contribution is 2.42. The Morgan fingerprint density at radius 1 is 1.29 bits per heavy atom. The Balaban J connectivity index is 1.58. The summed E-state index contributed by atoms with van der Waals surface area (Å²) in [7, 11) is 2.08. The van der Waals surface area contributed by atoms with Gasteiger partial charge in [-0.2, -0.15) is 0 Å². The number of carboxylic acid groups (broad SMARTS) is 1. The number of imidazole rings is 1. The van der Waals surface area contributed by atoms with Crippen LogP contribution in [0.4, 0.5) is 0 Å². The van der Waals surface area contributed by atoms with Crippen LogP contribution in [-0.2, 0) is 17.9 Å². The van der Waals surface area contributed by atoms with Gasteiger partial charge in [-0.25, -0.2) is 4.98 Å². The highest BCUT2D eigenvalue weighted by Gasteiger charge is 2.52. The lowest BCUT2D eigenvalue weighted by atomic mass is 9.68. The number of piperidine rings is 2. The lowest BCUT2D eigenvalue weighted by Gasteiger charge is -2.51. The van der Waals surface area contributed by atoms with Gasteiger partial charge >= 0.3 is 5.97 Å². The molecule has 1 N–H and O–H groups in total. The topological polar surface area (TPSA) is 61.6 Å². The van der Waals surface area contributed by atoms with Crippen molar-refractivity contribution in [1.82, 2.24) is 19.4 Å². The first-order valence-electron chi connectivity index (χ1n) is 10.7. The third-order valence-electron chi connectivity index (χ3n) is 6.87. The summed E-state index contributed by atoms with van der Waals surface area (Å²) in [5.41, 5.74) is 1.68. The highest BCUT2D eigenvalue weighted by molar-refractivity contribution is 5.76. The lowest BCUT2D eigenvalue weighted by molar-refractivity contribution is -0.162. The molecule has 28 heavy (non-hydrogen) atoms. The zero-order chi connectivity index (χ0) is 19.7. The quantitative estimate of drug-likeness (QED) is 0.829. The molecule has 1 aromatic heterocycles. The predicted molar refractivity (Wildman–Crippen MR) is 110 cm³/mol. The van der Waals surface area contributed by atoms with Gasteiger partial charge in [0.15, 0.2) is 0 Å². The second-order valence-corrected chi connectivity index (χ2v) is 8.57. The van der Waals surface area contributed by atoms with Crippen LogP contribution in [-0.4, -0.2) is 63.2 Å². The van der Waals surface area contributed by atoms with E-state index < -0.39 is 11.4 Å². The summed E-state index contributed by atoms with van der Waals surface area (Å²) in [4.78, 5) is 21.8. The van der Waals surface area contributed by atoms with E-state index in [2.05, 4.69) is 46.5 Å². The highest BCUT2D eigenvalue weighted by atomic mass is 16.4. The van der Waals surface area contributed by atoms with E-state index in [0.29, 0.717) is 0 Å². The van der Waals surface area contributed by atoms with Crippen molar-refractivity contribution < 1.29 is 9.90 Å². The first-order valence-corrected chi connectivity index (χ1v) is 10.7. The molecular formula is C22H32N4O2. The number of fused-ring (bicyclic) bond motifs is 2. The second kappa shape index (κ2) is 7.84. The second-order valence-electron chi connectivity index (χ2n) is 8.57. The summed E-state index contributed by atoms with van der Waals surface area (Å²) in [6.45, 7) is 6.62. The molecule has 2 atom stereocenters. The van der Waals surface area contributed by atoms with Crippen molar-refractivity contribution in [2.75, 3.05) is 26.7 Å². The molecule has 3 heterocycles. The minimum atomic E-state index is -0.612. The summed E-state index contributed by atoms with van der Waals surface area (Å²) in [6.07, 6.45) is 4.81. The van der Waals surface area contributed by atoms with Crippen molar-refractivity contribution in [1.29, 1.82) is 0 Å². The number of benzene rings is 1. The van der Waals surface area contributed by atoms with E-state index in [0.717, 1.165) is 76.2 Å². The standard InChI is InChI=1S/C22H32N4O2/c1-3-4-13-26-18-9-6-5-8-17(18)23-20(26)16-25-14-11-22(21(27)28)10-7-12-24(2)19(22)15-25/h5-6,8-9,19H,3-4,7,10-16H2,1-2H3,(H,27,28)/t19-,22+/m1/s1. The van der Waals surface area contributed by atoms with E-state index >= 15 is 0 Å². The van der Waals surface area contributed by atoms with Crippen molar-refractivity contribution in [2.24, 2.45) is 5.41 Å². The number of carbonyl (C=O) groups is 1. The molecule has 2 aliphatic rings. The Labute approximate surface area is 167 Å². The molecule has 0 radical (unpaired) electrons. The smallest absolute Gasteiger partial charge is 0.311 e. The van der Waals surface area contributed by atoms with Crippen LogP contribution in [0.5, 0.6) is 0 Å². The fraction of sp³-hybridized carbons (Fsp3) is 0.636. The average molecular weight is 385 g/mol. The number of rotatable bonds is 6. The van der Waals surface area contributed by atoms with E-state index in [-0.39, 0.29) is 6.04 Å². The molecule has 2 fully saturated rings. The van der Waals surface area contributed by atoms with Crippen molar-refractivity contribution >= 4 is 17.0 Å². The van der Waals surface area contributed by atoms with E-state index in [4.69, 9.17) is 4.98 Å². The molecule has 4 rings (SSSR count). The monoisotopic (exact) mass is 384 g/mol. The number of aliphatic carboxylic acids is 1. The van der Waals surface area contributed by atoms with Gasteiger partial charge < -0.3 is 14.6 Å². The van der Waals surface area contributed by atoms with Gasteiger partial charge in [0, 0.05) is 19.1 Å². The third kappa shape index (κ3) is 3.33. The third-order valence-corrected chi connectivity index (χ3v) is 6.87. The van der Waals surface area contributed by atoms with Crippen LogP contribution >= 0.6 is 0 Å². The lowest BCUT2D eigenvalue weighted by Crippen LogP contribution is -2.62. The molecular weight excluding hydrogens is 352 g/mol. The molecule has 0 spiro atoms. The molecule has 0 saturated carbocycles. The van der Waals surface area contributed by atoms with Crippen LogP contribution in [0.2, 0.25) is 0 Å². The Kier molecular flexibility index (Phi) is 5.43. The average Bonchev–Trinajstić information content (AvgIpc) is 3.04. The van der Waals surface area contributed by atoms with Crippen molar-refractivity contribution in [3.63, 3.8) is 0 Å². The molecule has 152 valence electrons. The van der Waals surface area contributed by atoms with Crippen molar-refractivity contribution in [2.45, 2.75) is 58.2 Å². The summed E-state index contributed by atoms with van der Waals surface area (Å²) in [6, 6.07) is 8.45. The number of hydrogen-bond acceptors (Lipinski definition) is 4. The Bertz CT molecular complexity index is 848. The number of likely N-dealkylation sites (N-methyl/N-ethyl adjacent to an activating group) is 1. The van der Waals surface area contributed by atoms with Crippen LogP contribution in [0.15, 0.2) is 24.3 Å². The summed E-state index contributed by atoms with van der Waals surface area (Å²) in [5.74, 6) is 0.495. The summed E-state index contributed by atoms with van der Waals surface area (Å²) >= 11 is 0. The number of nitrogens with zero attached hydrogens (tertiary/aromatic N) is 4. The van der Waals surface area contributed by atoms with E-state index in [9.17, 15) is 9.90 Å². The van der Waals surface area contributed by atoms with Gasteiger partial charge in [-0.1, -0.05) is 25.5 Å². The maximum atomic E-state index is 12.1. The maximum absolute atomic E-state index is 12.1. The normalized spacial score (nSPS) is 26.4. The first-order chi connectivity index (χ1) is 13.5. The molecule has 6 heteroatoms. The maximum Gasteiger partial charge on any atom is 0.311 e. The van der Waals surface area contributed by atoms with Gasteiger partial charge in [-0.3, -0.25) is 9.69 Å². The van der Waals surface area contributed by atoms with E-state index in [1.165, 1.54) is 5.52 Å². The SMILES string of the molecule is CCCCn1c(CN2CC[C@@]3(C(=O)O)CCCN(C)[C@@H]3C2)nc2ccccc21. The zero-order valence-electron chi connectivity index (χ0n) is 17.1. The van der Waals surface area contributed by atoms with Crippen LogP contribution in [0, 0.1) is 5.41 Å². The molecule has 0 aliphatic carbocycles. The molecule has 0 unspecified atom stereocenters. The van der Waals surface area contributed by atoms with Gasteiger partial charge in [-0.15, -0.1) is 0 Å². The molecule has 2 saturated heterocycles. The Hall–Kier alpha value is -1.92. The van der Waals surface area contributed by atoms with Gasteiger partial charge in [0.1, 0.15) is 5.82 Å². The minimum absolute atomic E-state index is 0.0842. The number of carboxylic acids is 1. The van der Waals surface area contributed by atoms with E-state index in [1.54, 1.807) is 0 Å². The van der Waals surface area contributed by atoms with Gasteiger partial charge in [0.05, 0.1) is 23.0 Å². The summed E-state index contributed by atoms with van der Waals surface area (Å²) in [5, 5.41) is 9.99. The van der Waals surface area contributed by atoms with Crippen LogP contribution in [0.25, 0.3) is 11.0 Å². The van der Waals surface area contributed by atoms with Gasteiger partial charge in [0.25, 0.3) is 0 Å². The fourth-order valence-corrected chi connectivity index (χ4v) is 5.20. The van der Waals surface area contributed by atoms with Crippen LogP contribution < -0.4 is 0 Å². The predicted octanol–water partition coefficient (Wildman–Crippen LogP) is 3.21. The minimum Gasteiger partial charge on any atom is -0.481 e. The summed E-state index contributed by atoms with van der Waals surface area (Å²) < 4.78 is 2.36. The Morgan fingerprint density at radius 2 is 2.11 bits per heavy atom. The number of hydrogen-bond donors (Lipinski definition) is 1. The van der Waals surface area contributed by atoms with Crippen molar-refractivity contribution in [3.8, 4) is 0 Å². The molecule has 2 aliphatic heterocycles. The fourth-order valence-electron chi connectivity index (χ4n) is 5.20. The number of aromatic nitrogens is 2. The molecule has 0 amide bonds. The van der Waals surface area contributed by atoms with Gasteiger partial charge in [0.2, 0.25) is 0 Å². The van der Waals surface area contributed by atoms with Crippen LogP contribution in [0.3, 0.4) is 0 Å². The largest absolute Gasteiger partial charge is 0.481 e. The molecule has 1 aromatic carbocycles. The first kappa shape index (κ1) is 19.4. The Morgan fingerprint density at radius 3 is 2.89 bits per heavy atom. The molecule has 0 bridgehead atoms. The van der Waals surface area contributed by atoms with E-state index in [1.807, 2.05) is 6.07 Å². The number of aryl methyl sites for hydroxylation is 1. The van der Waals surface area contributed by atoms with Crippen molar-refractivity contribution in [3.05, 3.63) is 30.1 Å². The van der Waals surface area contributed by atoms with Crippen LogP contribution in [0.1, 0.15) is 44.9 Å².